The average molecular weight is 250 g/mol. The smallest absolute Gasteiger partial charge is 0.244 e. The molecule has 0 unspecified atom stereocenters. The number of amides is 1. The zero-order valence-electron chi connectivity index (χ0n) is 11.2. The molecule has 1 aliphatic carbocycles. The molecule has 1 aliphatic rings. The summed E-state index contributed by atoms with van der Waals surface area (Å²) in [6.45, 7) is 2.56. The number of rotatable bonds is 3. The molecule has 1 fully saturated rings. The summed E-state index contributed by atoms with van der Waals surface area (Å²) in [7, 11) is 1.90. The first kappa shape index (κ1) is 12.9. The van der Waals surface area contributed by atoms with E-state index in [1.165, 1.54) is 12.8 Å². The summed E-state index contributed by atoms with van der Waals surface area (Å²) in [6, 6.07) is 0.390. The van der Waals surface area contributed by atoms with Crippen LogP contribution in [0, 0.1) is 5.92 Å². The van der Waals surface area contributed by atoms with E-state index < -0.39 is 0 Å². The van der Waals surface area contributed by atoms with Crippen LogP contribution in [0.3, 0.4) is 0 Å². The van der Waals surface area contributed by atoms with Crippen molar-refractivity contribution < 1.29 is 4.79 Å². The molecular formula is C13H22N4O. The third-order valence-corrected chi connectivity index (χ3v) is 3.88. The predicted molar refractivity (Wildman–Crippen MR) is 70.8 cm³/mol. The van der Waals surface area contributed by atoms with E-state index in [1.807, 2.05) is 11.9 Å². The fraction of sp³-hybridized carbons (Fsp3) is 0.692. The van der Waals surface area contributed by atoms with Crippen molar-refractivity contribution in [3.05, 3.63) is 12.4 Å². The maximum absolute atomic E-state index is 12.1. The normalized spacial score (nSPS) is 23.9. The summed E-state index contributed by atoms with van der Waals surface area (Å²) in [5, 5.41) is 4.04. The number of nitrogens with zero attached hydrogens (tertiary/aromatic N) is 3. The molecule has 1 heterocycles. The van der Waals surface area contributed by atoms with Gasteiger partial charge in [0.1, 0.15) is 6.54 Å². The van der Waals surface area contributed by atoms with Gasteiger partial charge in [0, 0.05) is 19.3 Å². The fourth-order valence-electron chi connectivity index (χ4n) is 2.55. The van der Waals surface area contributed by atoms with Gasteiger partial charge in [-0.05, 0) is 31.6 Å². The quantitative estimate of drug-likeness (QED) is 0.884. The highest BCUT2D eigenvalue weighted by molar-refractivity contribution is 5.76. The molecule has 5 nitrogen and oxygen atoms in total. The van der Waals surface area contributed by atoms with Crippen LogP contribution in [-0.2, 0) is 11.3 Å². The van der Waals surface area contributed by atoms with Gasteiger partial charge in [-0.1, -0.05) is 6.92 Å². The molecule has 5 heteroatoms. The van der Waals surface area contributed by atoms with Crippen LogP contribution in [0.1, 0.15) is 32.6 Å². The number of carbonyl (C=O) groups is 1. The predicted octanol–water partition coefficient (Wildman–Crippen LogP) is 1.50. The van der Waals surface area contributed by atoms with Gasteiger partial charge in [-0.15, -0.1) is 0 Å². The van der Waals surface area contributed by atoms with Crippen LogP contribution < -0.4 is 5.73 Å². The molecule has 0 spiro atoms. The minimum absolute atomic E-state index is 0.109. The van der Waals surface area contributed by atoms with Crippen molar-refractivity contribution in [1.29, 1.82) is 0 Å². The summed E-state index contributed by atoms with van der Waals surface area (Å²) in [6.07, 6.45) is 7.92. The van der Waals surface area contributed by atoms with Gasteiger partial charge in [-0.25, -0.2) is 0 Å². The zero-order chi connectivity index (χ0) is 13.1. The van der Waals surface area contributed by atoms with Crippen molar-refractivity contribution in [2.45, 2.75) is 45.2 Å². The number of anilines is 1. The molecule has 18 heavy (non-hydrogen) atoms. The van der Waals surface area contributed by atoms with Gasteiger partial charge in [-0.3, -0.25) is 9.48 Å². The lowest BCUT2D eigenvalue weighted by Crippen LogP contribution is -2.41. The highest BCUT2D eigenvalue weighted by Crippen LogP contribution is 2.26. The Balaban J connectivity index is 1.88. The molecule has 0 radical (unpaired) electrons. The maximum atomic E-state index is 12.1. The van der Waals surface area contributed by atoms with E-state index in [2.05, 4.69) is 12.0 Å². The Labute approximate surface area is 108 Å². The van der Waals surface area contributed by atoms with Gasteiger partial charge in [0.15, 0.2) is 0 Å². The van der Waals surface area contributed by atoms with E-state index in [0.717, 1.165) is 18.8 Å². The van der Waals surface area contributed by atoms with Crippen molar-refractivity contribution in [2.24, 2.45) is 5.92 Å². The van der Waals surface area contributed by atoms with E-state index in [-0.39, 0.29) is 12.5 Å². The highest BCUT2D eigenvalue weighted by atomic mass is 16.2. The second-order valence-corrected chi connectivity index (χ2v) is 5.39. The largest absolute Gasteiger partial charge is 0.396 e. The van der Waals surface area contributed by atoms with E-state index in [9.17, 15) is 4.79 Å². The topological polar surface area (TPSA) is 64.2 Å². The molecule has 2 N–H and O–H groups in total. The molecule has 1 saturated carbocycles. The molecule has 0 aliphatic heterocycles. The number of likely N-dealkylation sites (N-methyl/N-ethyl adjacent to an activating group) is 1. The highest BCUT2D eigenvalue weighted by Gasteiger charge is 2.24. The number of aromatic nitrogens is 2. The first-order valence-corrected chi connectivity index (χ1v) is 6.60. The van der Waals surface area contributed by atoms with Crippen LogP contribution in [0.2, 0.25) is 0 Å². The van der Waals surface area contributed by atoms with Crippen LogP contribution in [0.15, 0.2) is 12.4 Å². The Hall–Kier alpha value is -1.52. The Morgan fingerprint density at radius 2 is 2.17 bits per heavy atom. The summed E-state index contributed by atoms with van der Waals surface area (Å²) in [5.74, 6) is 0.910. The van der Waals surface area contributed by atoms with Gasteiger partial charge in [0.2, 0.25) is 5.91 Å². The number of carbonyl (C=O) groups excluding carboxylic acids is 1. The molecule has 100 valence electrons. The summed E-state index contributed by atoms with van der Waals surface area (Å²) >= 11 is 0. The van der Waals surface area contributed by atoms with Crippen LogP contribution in [-0.4, -0.2) is 33.7 Å². The summed E-state index contributed by atoms with van der Waals surface area (Å²) < 4.78 is 1.60. The summed E-state index contributed by atoms with van der Waals surface area (Å²) in [4.78, 5) is 14.0. The zero-order valence-corrected chi connectivity index (χ0v) is 11.2. The lowest BCUT2D eigenvalue weighted by atomic mass is 9.87. The molecule has 1 aromatic heterocycles. The number of nitrogens with two attached hydrogens (primary N) is 1. The number of hydrogen-bond acceptors (Lipinski definition) is 3. The third kappa shape index (κ3) is 3.03. The molecule has 2 rings (SSSR count). The van der Waals surface area contributed by atoms with Crippen molar-refractivity contribution in [1.82, 2.24) is 14.7 Å². The van der Waals surface area contributed by atoms with Crippen LogP contribution in [0.25, 0.3) is 0 Å². The van der Waals surface area contributed by atoms with Crippen LogP contribution >= 0.6 is 0 Å². The van der Waals surface area contributed by atoms with Crippen LogP contribution in [0.5, 0.6) is 0 Å². The van der Waals surface area contributed by atoms with E-state index in [4.69, 9.17) is 5.73 Å². The second kappa shape index (κ2) is 5.42. The number of nitrogen functional groups attached to an aromatic ring is 1. The van der Waals surface area contributed by atoms with E-state index in [0.29, 0.717) is 11.7 Å². The van der Waals surface area contributed by atoms with E-state index in [1.54, 1.807) is 17.1 Å². The van der Waals surface area contributed by atoms with Gasteiger partial charge in [-0.2, -0.15) is 5.10 Å². The Kier molecular flexibility index (Phi) is 3.89. The van der Waals surface area contributed by atoms with Crippen molar-refractivity contribution in [3.63, 3.8) is 0 Å². The molecule has 1 amide bonds. The number of hydrogen-bond donors (Lipinski definition) is 1. The van der Waals surface area contributed by atoms with Crippen molar-refractivity contribution >= 4 is 11.6 Å². The van der Waals surface area contributed by atoms with Gasteiger partial charge in [0.05, 0.1) is 11.9 Å². The Morgan fingerprint density at radius 3 is 2.72 bits per heavy atom. The molecule has 0 bridgehead atoms. The third-order valence-electron chi connectivity index (χ3n) is 3.88. The first-order chi connectivity index (χ1) is 8.56. The minimum atomic E-state index is 0.109. The van der Waals surface area contributed by atoms with Gasteiger partial charge >= 0.3 is 0 Å². The lowest BCUT2D eigenvalue weighted by Gasteiger charge is -2.33. The fourth-order valence-corrected chi connectivity index (χ4v) is 2.55. The van der Waals surface area contributed by atoms with Gasteiger partial charge < -0.3 is 10.6 Å². The Morgan fingerprint density at radius 1 is 1.50 bits per heavy atom. The second-order valence-electron chi connectivity index (χ2n) is 5.39. The average Bonchev–Trinajstić information content (AvgIpc) is 2.75. The van der Waals surface area contributed by atoms with Gasteiger partial charge in [0.25, 0.3) is 0 Å². The molecule has 0 atom stereocenters. The Bertz CT molecular complexity index is 407. The lowest BCUT2D eigenvalue weighted by molar-refractivity contribution is -0.133. The molecular weight excluding hydrogens is 228 g/mol. The summed E-state index contributed by atoms with van der Waals surface area (Å²) in [5.41, 5.74) is 6.17. The monoisotopic (exact) mass is 250 g/mol. The SMILES string of the molecule is CC1CCC(N(C)C(=O)Cn2cc(N)cn2)CC1. The molecule has 1 aromatic rings. The van der Waals surface area contributed by atoms with Crippen molar-refractivity contribution in [2.75, 3.05) is 12.8 Å². The maximum Gasteiger partial charge on any atom is 0.244 e. The minimum Gasteiger partial charge on any atom is -0.396 e. The first-order valence-electron chi connectivity index (χ1n) is 6.60. The molecule has 0 saturated heterocycles. The van der Waals surface area contributed by atoms with Crippen molar-refractivity contribution in [3.8, 4) is 0 Å². The standard InChI is InChI=1S/C13H22N4O/c1-10-3-5-12(6-4-10)16(2)13(18)9-17-8-11(14)7-15-17/h7-8,10,12H,3-6,9,14H2,1-2H3. The van der Waals surface area contributed by atoms with E-state index >= 15 is 0 Å². The molecule has 0 aromatic carbocycles. The van der Waals surface area contributed by atoms with Crippen LogP contribution in [0.4, 0.5) is 5.69 Å².